The summed E-state index contributed by atoms with van der Waals surface area (Å²) in [6.07, 6.45) is 5.40. The van der Waals surface area contributed by atoms with Crippen LogP contribution in [0.25, 0.3) is 0 Å². The van der Waals surface area contributed by atoms with Crippen LogP contribution in [0, 0.1) is 0 Å². The minimum Gasteiger partial charge on any atom is -0.379 e. The van der Waals surface area contributed by atoms with E-state index in [1.54, 1.807) is 0 Å². The molecule has 0 spiro atoms. The van der Waals surface area contributed by atoms with Gasteiger partial charge in [-0.2, -0.15) is 0 Å². The summed E-state index contributed by atoms with van der Waals surface area (Å²) in [5.41, 5.74) is 0. The number of rotatable bonds is 2. The van der Waals surface area contributed by atoms with E-state index in [4.69, 9.17) is 4.74 Å². The normalized spacial score (nSPS) is 35.8. The minimum atomic E-state index is 0.757. The lowest BCUT2D eigenvalue weighted by Crippen LogP contribution is -2.46. The molecule has 2 aliphatic rings. The number of nitrogens with one attached hydrogen (secondary N) is 1. The maximum absolute atomic E-state index is 5.38. The zero-order valence-corrected chi connectivity index (χ0v) is 10.7. The molecule has 0 unspecified atom stereocenters. The van der Waals surface area contributed by atoms with Crippen LogP contribution in [0.4, 0.5) is 0 Å². The second-order valence-corrected chi connectivity index (χ2v) is 4.89. The molecule has 0 radical (unpaired) electrons. The van der Waals surface area contributed by atoms with E-state index in [1.165, 1.54) is 25.7 Å². The Morgan fingerprint density at radius 3 is 2.29 bits per heavy atom. The lowest BCUT2D eigenvalue weighted by Gasteiger charge is -2.38. The van der Waals surface area contributed by atoms with E-state index in [2.05, 4.69) is 31.3 Å². The van der Waals surface area contributed by atoms with Crippen molar-refractivity contribution in [1.29, 1.82) is 0 Å². The van der Waals surface area contributed by atoms with Gasteiger partial charge >= 0.3 is 0 Å². The molecule has 1 aliphatic heterocycles. The van der Waals surface area contributed by atoms with Crippen LogP contribution in [0.5, 0.6) is 0 Å². The third kappa shape index (κ3) is 2.81. The molecule has 2 fully saturated rings. The molecule has 2 rings (SSSR count). The predicted octanol–water partition coefficient (Wildman–Crippen LogP) is 1.57. The minimum absolute atomic E-state index is 0.757. The Morgan fingerprint density at radius 2 is 1.71 bits per heavy atom. The summed E-state index contributed by atoms with van der Waals surface area (Å²) in [4.78, 5) is 2.62. The largest absolute Gasteiger partial charge is 0.379 e. The molecule has 1 heterocycles. The molecular formula is C10H19IN2O. The van der Waals surface area contributed by atoms with E-state index < -0.39 is 0 Å². The highest BCUT2D eigenvalue weighted by Crippen LogP contribution is 2.24. The van der Waals surface area contributed by atoms with Gasteiger partial charge in [0.15, 0.2) is 0 Å². The van der Waals surface area contributed by atoms with Crippen molar-refractivity contribution in [3.63, 3.8) is 0 Å². The zero-order valence-electron chi connectivity index (χ0n) is 8.54. The van der Waals surface area contributed by atoms with Crippen LogP contribution in [-0.2, 0) is 4.74 Å². The highest BCUT2D eigenvalue weighted by Gasteiger charge is 2.26. The van der Waals surface area contributed by atoms with E-state index in [0.29, 0.717) is 0 Å². The molecule has 4 heteroatoms. The summed E-state index contributed by atoms with van der Waals surface area (Å²) in [7, 11) is 0. The van der Waals surface area contributed by atoms with Gasteiger partial charge in [-0.1, -0.05) is 0 Å². The molecule has 0 bridgehead atoms. The smallest absolute Gasteiger partial charge is 0.0594 e. The van der Waals surface area contributed by atoms with Gasteiger partial charge in [-0.05, 0) is 25.7 Å². The van der Waals surface area contributed by atoms with Gasteiger partial charge in [0, 0.05) is 48.0 Å². The number of hydrogen-bond acceptors (Lipinski definition) is 3. The van der Waals surface area contributed by atoms with Crippen LogP contribution in [-0.4, -0.2) is 43.3 Å². The van der Waals surface area contributed by atoms with Crippen LogP contribution < -0.4 is 3.53 Å². The topological polar surface area (TPSA) is 24.5 Å². The van der Waals surface area contributed by atoms with Crippen molar-refractivity contribution in [2.75, 3.05) is 26.3 Å². The maximum atomic E-state index is 5.38. The number of nitrogens with zero attached hydrogens (tertiary/aromatic N) is 1. The molecule has 1 aliphatic carbocycles. The average Bonchev–Trinajstić information content (AvgIpc) is 2.30. The Balaban J connectivity index is 1.76. The number of morpholine rings is 1. The van der Waals surface area contributed by atoms with E-state index >= 15 is 0 Å². The van der Waals surface area contributed by atoms with Gasteiger partial charge in [0.1, 0.15) is 0 Å². The van der Waals surface area contributed by atoms with Gasteiger partial charge in [-0.15, -0.1) is 0 Å². The average molecular weight is 310 g/mol. The first-order valence-corrected chi connectivity index (χ1v) is 6.66. The second kappa shape index (κ2) is 5.63. The van der Waals surface area contributed by atoms with Crippen molar-refractivity contribution in [3.8, 4) is 0 Å². The Hall–Kier alpha value is 0.610. The number of hydrogen-bond donors (Lipinski definition) is 1. The molecule has 0 aromatic carbocycles. The highest BCUT2D eigenvalue weighted by molar-refractivity contribution is 14.1. The van der Waals surface area contributed by atoms with Gasteiger partial charge in [0.25, 0.3) is 0 Å². The Morgan fingerprint density at radius 1 is 1.07 bits per heavy atom. The fourth-order valence-electron chi connectivity index (χ4n) is 2.49. The fraction of sp³-hybridized carbons (Fsp3) is 1.00. The van der Waals surface area contributed by atoms with Crippen molar-refractivity contribution >= 4 is 22.9 Å². The van der Waals surface area contributed by atoms with Crippen LogP contribution >= 0.6 is 22.9 Å². The Kier molecular flexibility index (Phi) is 4.46. The van der Waals surface area contributed by atoms with Crippen LogP contribution in [0.1, 0.15) is 25.7 Å². The molecule has 82 valence electrons. The zero-order chi connectivity index (χ0) is 9.80. The molecule has 0 aromatic rings. The first kappa shape index (κ1) is 11.1. The third-order valence-corrected chi connectivity index (χ3v) is 4.29. The monoisotopic (exact) mass is 310 g/mol. The van der Waals surface area contributed by atoms with E-state index in [9.17, 15) is 0 Å². The van der Waals surface area contributed by atoms with Crippen LogP contribution in [0.2, 0.25) is 0 Å². The summed E-state index contributed by atoms with van der Waals surface area (Å²) in [5, 5.41) is 0. The van der Waals surface area contributed by atoms with E-state index in [0.717, 1.165) is 38.4 Å². The Bertz CT molecular complexity index is 166. The van der Waals surface area contributed by atoms with Crippen LogP contribution in [0.3, 0.4) is 0 Å². The fourth-order valence-corrected chi connectivity index (χ4v) is 3.12. The first-order valence-electron chi connectivity index (χ1n) is 5.58. The van der Waals surface area contributed by atoms with Crippen molar-refractivity contribution in [2.45, 2.75) is 37.8 Å². The molecule has 0 amide bonds. The summed E-state index contributed by atoms with van der Waals surface area (Å²) in [6.45, 7) is 4.16. The first-order chi connectivity index (χ1) is 6.90. The number of ether oxygens (including phenoxy) is 1. The second-order valence-electron chi connectivity index (χ2n) is 4.26. The van der Waals surface area contributed by atoms with Gasteiger partial charge in [0.2, 0.25) is 0 Å². The lowest BCUT2D eigenvalue weighted by atomic mass is 9.90. The van der Waals surface area contributed by atoms with Gasteiger partial charge in [0.05, 0.1) is 13.2 Å². The quantitative estimate of drug-likeness (QED) is 0.619. The molecule has 1 saturated heterocycles. The summed E-state index contributed by atoms with van der Waals surface area (Å²) in [6, 6.07) is 1.59. The SMILES string of the molecule is IN[C@H]1CC[C@@H](N2CCOCC2)CC1. The molecule has 14 heavy (non-hydrogen) atoms. The third-order valence-electron chi connectivity index (χ3n) is 3.41. The molecule has 0 aromatic heterocycles. The van der Waals surface area contributed by atoms with Crippen LogP contribution in [0.15, 0.2) is 0 Å². The van der Waals surface area contributed by atoms with E-state index in [1.807, 2.05) is 0 Å². The van der Waals surface area contributed by atoms with Crippen molar-refractivity contribution in [1.82, 2.24) is 8.43 Å². The molecular weight excluding hydrogens is 291 g/mol. The van der Waals surface area contributed by atoms with Crippen molar-refractivity contribution in [3.05, 3.63) is 0 Å². The van der Waals surface area contributed by atoms with Gasteiger partial charge in [-0.25, -0.2) is 0 Å². The van der Waals surface area contributed by atoms with E-state index in [-0.39, 0.29) is 0 Å². The number of halogens is 1. The Labute approximate surface area is 100 Å². The van der Waals surface area contributed by atoms with Gasteiger partial charge in [-0.3, -0.25) is 8.43 Å². The lowest BCUT2D eigenvalue weighted by molar-refractivity contribution is 0.00728. The molecule has 1 N–H and O–H groups in total. The van der Waals surface area contributed by atoms with Crippen molar-refractivity contribution in [2.24, 2.45) is 0 Å². The molecule has 3 nitrogen and oxygen atoms in total. The molecule has 0 atom stereocenters. The molecule has 1 saturated carbocycles. The van der Waals surface area contributed by atoms with Gasteiger partial charge < -0.3 is 4.74 Å². The summed E-state index contributed by atoms with van der Waals surface area (Å²) in [5.74, 6) is 0. The predicted molar refractivity (Wildman–Crippen MR) is 65.6 cm³/mol. The highest BCUT2D eigenvalue weighted by atomic mass is 127. The summed E-state index contributed by atoms with van der Waals surface area (Å²) < 4.78 is 8.73. The van der Waals surface area contributed by atoms with Crippen molar-refractivity contribution < 1.29 is 4.74 Å². The standard InChI is InChI=1S/C10H19IN2O/c11-12-9-1-3-10(4-2-9)13-5-7-14-8-6-13/h9-10,12H,1-8H2/t9-,10+. The summed E-state index contributed by atoms with van der Waals surface area (Å²) >= 11 is 2.28. The maximum Gasteiger partial charge on any atom is 0.0594 e.